The molecule has 1 N–H and O–H groups in total. The number of nitrogens with zero attached hydrogens (tertiary/aromatic N) is 2. The summed E-state index contributed by atoms with van der Waals surface area (Å²) in [5.74, 6) is 0.874. The first-order valence-electron chi connectivity index (χ1n) is 15.1. The molecule has 0 aliphatic carbocycles. The Kier molecular flexibility index (Phi) is 10.5. The van der Waals surface area contributed by atoms with E-state index in [4.69, 9.17) is 14.2 Å². The van der Waals surface area contributed by atoms with Crippen LogP contribution in [0.4, 0.5) is 4.79 Å². The van der Waals surface area contributed by atoms with Gasteiger partial charge in [-0.2, -0.15) is 0 Å². The van der Waals surface area contributed by atoms with E-state index in [1.165, 1.54) is 0 Å². The van der Waals surface area contributed by atoms with Gasteiger partial charge in [-0.25, -0.2) is 4.79 Å². The van der Waals surface area contributed by atoms with Crippen molar-refractivity contribution in [3.63, 3.8) is 0 Å². The van der Waals surface area contributed by atoms with Crippen molar-refractivity contribution >= 4 is 28.7 Å². The summed E-state index contributed by atoms with van der Waals surface area (Å²) in [4.78, 5) is 40.0. The first-order chi connectivity index (χ1) is 20.5. The standard InChI is InChI=1S/C34H45N3O6/c1-7-26(38)22-42-30-12-11-24(20-35-33(40)43-34(3,4)5)19-28(30)25-13-15-36(16-14-25)32(39)29-21-37(17-18-41-6)31-23(2)9-8-10-27(29)31/h8-12,19,21,25H,7,13-18,20,22H2,1-6H3,(H,35,40). The highest BCUT2D eigenvalue weighted by Crippen LogP contribution is 2.36. The predicted octanol–water partition coefficient (Wildman–Crippen LogP) is 6.00. The number of hydrogen-bond acceptors (Lipinski definition) is 6. The minimum absolute atomic E-state index is 0.0168. The number of amides is 2. The molecule has 0 unspecified atom stereocenters. The number of carbonyl (C=O) groups is 3. The Morgan fingerprint density at radius 1 is 1.07 bits per heavy atom. The third-order valence-electron chi connectivity index (χ3n) is 7.78. The van der Waals surface area contributed by atoms with Crippen LogP contribution in [-0.4, -0.2) is 66.3 Å². The molecule has 9 nitrogen and oxygen atoms in total. The van der Waals surface area contributed by atoms with Gasteiger partial charge in [0, 0.05) is 51.3 Å². The minimum atomic E-state index is -0.582. The van der Waals surface area contributed by atoms with Crippen molar-refractivity contribution in [1.29, 1.82) is 0 Å². The first kappa shape index (κ1) is 32.1. The number of ketones is 1. The minimum Gasteiger partial charge on any atom is -0.486 e. The van der Waals surface area contributed by atoms with Crippen LogP contribution in [0.1, 0.15) is 79.9 Å². The fourth-order valence-corrected chi connectivity index (χ4v) is 5.55. The van der Waals surface area contributed by atoms with Crippen LogP contribution in [0.25, 0.3) is 10.9 Å². The first-order valence-corrected chi connectivity index (χ1v) is 15.1. The lowest BCUT2D eigenvalue weighted by Crippen LogP contribution is -2.38. The number of ether oxygens (including phenoxy) is 3. The van der Waals surface area contributed by atoms with Crippen LogP contribution >= 0.6 is 0 Å². The summed E-state index contributed by atoms with van der Waals surface area (Å²) < 4.78 is 18.8. The van der Waals surface area contributed by atoms with E-state index >= 15 is 0 Å². The second kappa shape index (κ2) is 14.1. The van der Waals surface area contributed by atoms with E-state index in [0.717, 1.165) is 40.4 Å². The summed E-state index contributed by atoms with van der Waals surface area (Å²) in [5, 5.41) is 3.78. The van der Waals surface area contributed by atoms with Crippen LogP contribution in [0.15, 0.2) is 42.6 Å². The van der Waals surface area contributed by atoms with Gasteiger partial charge in [-0.15, -0.1) is 0 Å². The average Bonchev–Trinajstić information content (AvgIpc) is 3.36. The number of nitrogens with one attached hydrogen (secondary N) is 1. The van der Waals surface area contributed by atoms with Crippen LogP contribution in [0.2, 0.25) is 0 Å². The Bertz CT molecular complexity index is 1450. The summed E-state index contributed by atoms with van der Waals surface area (Å²) >= 11 is 0. The summed E-state index contributed by atoms with van der Waals surface area (Å²) in [6.45, 7) is 12.1. The smallest absolute Gasteiger partial charge is 0.407 e. The van der Waals surface area contributed by atoms with Gasteiger partial charge >= 0.3 is 6.09 Å². The van der Waals surface area contributed by atoms with Crippen molar-refractivity contribution in [3.8, 4) is 5.75 Å². The summed E-state index contributed by atoms with van der Waals surface area (Å²) in [6, 6.07) is 11.9. The fraction of sp³-hybridized carbons (Fsp3) is 0.500. The molecule has 232 valence electrons. The summed E-state index contributed by atoms with van der Waals surface area (Å²) in [6.07, 6.45) is 3.41. The Morgan fingerprint density at radius 2 is 1.81 bits per heavy atom. The highest BCUT2D eigenvalue weighted by atomic mass is 16.6. The van der Waals surface area contributed by atoms with Crippen molar-refractivity contribution in [2.45, 2.75) is 78.5 Å². The second-order valence-electron chi connectivity index (χ2n) is 12.2. The molecule has 2 heterocycles. The molecule has 2 aromatic carbocycles. The van der Waals surface area contributed by atoms with E-state index in [2.05, 4.69) is 22.9 Å². The van der Waals surface area contributed by atoms with Crippen LogP contribution in [0, 0.1) is 6.92 Å². The van der Waals surface area contributed by atoms with Crippen molar-refractivity contribution in [3.05, 3.63) is 64.8 Å². The molecule has 1 aliphatic rings. The maximum atomic E-state index is 13.8. The Hall–Kier alpha value is -3.85. The molecule has 0 spiro atoms. The lowest BCUT2D eigenvalue weighted by atomic mass is 9.87. The van der Waals surface area contributed by atoms with Gasteiger partial charge in [0.15, 0.2) is 5.78 Å². The molecule has 0 saturated carbocycles. The zero-order valence-electron chi connectivity index (χ0n) is 26.3. The van der Waals surface area contributed by atoms with E-state index in [0.29, 0.717) is 50.5 Å². The zero-order valence-corrected chi connectivity index (χ0v) is 26.3. The average molecular weight is 592 g/mol. The Labute approximate surface area is 254 Å². The Morgan fingerprint density at radius 3 is 2.49 bits per heavy atom. The normalized spacial score (nSPS) is 14.1. The van der Waals surface area contributed by atoms with Gasteiger partial charge in [-0.05, 0) is 69.2 Å². The number of piperidine rings is 1. The number of aryl methyl sites for hydroxylation is 1. The van der Waals surface area contributed by atoms with Crippen LogP contribution in [0.5, 0.6) is 5.75 Å². The van der Waals surface area contributed by atoms with E-state index in [1.54, 1.807) is 7.11 Å². The molecule has 2 amide bonds. The maximum Gasteiger partial charge on any atom is 0.407 e. The van der Waals surface area contributed by atoms with Gasteiger partial charge in [0.25, 0.3) is 5.91 Å². The van der Waals surface area contributed by atoms with Crippen LogP contribution in [0.3, 0.4) is 0 Å². The van der Waals surface area contributed by atoms with Crippen molar-refractivity contribution in [2.75, 3.05) is 33.4 Å². The molecule has 0 radical (unpaired) electrons. The highest BCUT2D eigenvalue weighted by molar-refractivity contribution is 6.07. The van der Waals surface area contributed by atoms with Gasteiger partial charge in [-0.3, -0.25) is 9.59 Å². The second-order valence-corrected chi connectivity index (χ2v) is 12.2. The molecule has 1 aliphatic heterocycles. The highest BCUT2D eigenvalue weighted by Gasteiger charge is 2.29. The SMILES string of the molecule is CCC(=O)COc1ccc(CNC(=O)OC(C)(C)C)cc1C1CCN(C(=O)c2cn(CCOC)c3c(C)cccc23)CC1. The summed E-state index contributed by atoms with van der Waals surface area (Å²) in [5.41, 5.74) is 4.23. The predicted molar refractivity (Wildman–Crippen MR) is 167 cm³/mol. The van der Waals surface area contributed by atoms with Crippen LogP contribution in [-0.2, 0) is 27.4 Å². The van der Waals surface area contributed by atoms with E-state index < -0.39 is 11.7 Å². The molecule has 43 heavy (non-hydrogen) atoms. The van der Waals surface area contributed by atoms with Gasteiger partial charge in [-0.1, -0.05) is 37.3 Å². The number of carbonyl (C=O) groups excluding carboxylic acids is 3. The summed E-state index contributed by atoms with van der Waals surface area (Å²) in [7, 11) is 1.68. The van der Waals surface area contributed by atoms with Crippen molar-refractivity contribution in [1.82, 2.24) is 14.8 Å². The number of Topliss-reactive ketones (excluding diaryl/α,β-unsaturated/α-hetero) is 1. The molecule has 0 bridgehead atoms. The number of alkyl carbamates (subject to hydrolysis) is 1. The van der Waals surface area contributed by atoms with Crippen LogP contribution < -0.4 is 10.1 Å². The number of methoxy groups -OCH3 is 1. The number of likely N-dealkylation sites (tertiary alicyclic amines) is 1. The molecule has 9 heteroatoms. The number of fused-ring (bicyclic) bond motifs is 1. The Balaban J connectivity index is 1.50. The third kappa shape index (κ3) is 8.16. The molecular weight excluding hydrogens is 546 g/mol. The molecule has 1 fully saturated rings. The number of rotatable bonds is 11. The van der Waals surface area contributed by atoms with E-state index in [1.807, 2.05) is 69.1 Å². The third-order valence-corrected chi connectivity index (χ3v) is 7.78. The molecule has 1 aromatic heterocycles. The largest absolute Gasteiger partial charge is 0.486 e. The van der Waals surface area contributed by atoms with Gasteiger partial charge in [0.2, 0.25) is 0 Å². The molecule has 0 atom stereocenters. The number of para-hydroxylation sites is 1. The fourth-order valence-electron chi connectivity index (χ4n) is 5.55. The topological polar surface area (TPSA) is 99.1 Å². The zero-order chi connectivity index (χ0) is 31.1. The van der Waals surface area contributed by atoms with E-state index in [9.17, 15) is 14.4 Å². The quantitative estimate of drug-likeness (QED) is 0.294. The van der Waals surface area contributed by atoms with Gasteiger partial charge in [0.05, 0.1) is 17.7 Å². The molecule has 3 aromatic rings. The van der Waals surface area contributed by atoms with Crippen molar-refractivity contribution < 1.29 is 28.6 Å². The van der Waals surface area contributed by atoms with Gasteiger partial charge in [0.1, 0.15) is 18.0 Å². The number of aromatic nitrogens is 1. The molecular formula is C34H45N3O6. The lowest BCUT2D eigenvalue weighted by Gasteiger charge is -2.33. The molecule has 1 saturated heterocycles. The number of hydrogen-bond donors (Lipinski definition) is 1. The molecule has 4 rings (SSSR count). The van der Waals surface area contributed by atoms with Crippen molar-refractivity contribution in [2.24, 2.45) is 0 Å². The monoisotopic (exact) mass is 591 g/mol. The van der Waals surface area contributed by atoms with Gasteiger partial charge < -0.3 is 29.0 Å². The number of benzene rings is 2. The van der Waals surface area contributed by atoms with E-state index in [-0.39, 0.29) is 24.2 Å². The maximum absolute atomic E-state index is 13.8. The lowest BCUT2D eigenvalue weighted by molar-refractivity contribution is -0.120.